The van der Waals surface area contributed by atoms with E-state index in [1.165, 1.54) is 5.56 Å². The monoisotopic (exact) mass is 296 g/mol. The first-order valence-corrected chi connectivity index (χ1v) is 7.14. The Hall–Kier alpha value is -2.62. The summed E-state index contributed by atoms with van der Waals surface area (Å²) in [6.07, 6.45) is 1.61. The number of para-hydroxylation sites is 1. The second kappa shape index (κ2) is 7.41. The average Bonchev–Trinajstić information content (AvgIpc) is 2.49. The molecule has 0 unspecified atom stereocenters. The molecule has 0 saturated carbocycles. The summed E-state index contributed by atoms with van der Waals surface area (Å²) >= 11 is 0. The summed E-state index contributed by atoms with van der Waals surface area (Å²) < 4.78 is 5.56. The Balaban J connectivity index is 1.84. The van der Waals surface area contributed by atoms with Crippen LogP contribution in [0.4, 0.5) is 0 Å². The zero-order valence-electron chi connectivity index (χ0n) is 13.1. The van der Waals surface area contributed by atoms with E-state index < -0.39 is 0 Å². The van der Waals surface area contributed by atoms with Gasteiger partial charge in [-0.3, -0.25) is 4.79 Å². The van der Waals surface area contributed by atoms with Crippen LogP contribution >= 0.6 is 0 Å². The standard InChI is InChI=1S/C18H20N2O2/c1-13-7-9-16(10-8-13)11-19-20-17(21)12-22-18-14(2)5-4-6-15(18)3/h4-11H,12H2,1-3H3,(H,20,21). The van der Waals surface area contributed by atoms with Crippen molar-refractivity contribution >= 4 is 12.1 Å². The number of hydrazone groups is 1. The number of nitrogens with one attached hydrogen (secondary N) is 1. The van der Waals surface area contributed by atoms with Crippen LogP contribution in [0.1, 0.15) is 22.3 Å². The average molecular weight is 296 g/mol. The van der Waals surface area contributed by atoms with E-state index in [-0.39, 0.29) is 12.5 Å². The lowest BCUT2D eigenvalue weighted by Gasteiger charge is -2.10. The van der Waals surface area contributed by atoms with Gasteiger partial charge in [-0.2, -0.15) is 5.10 Å². The summed E-state index contributed by atoms with van der Waals surface area (Å²) in [6.45, 7) is 5.87. The van der Waals surface area contributed by atoms with Gasteiger partial charge in [-0.25, -0.2) is 5.43 Å². The molecule has 22 heavy (non-hydrogen) atoms. The van der Waals surface area contributed by atoms with Crippen LogP contribution in [0.5, 0.6) is 5.75 Å². The van der Waals surface area contributed by atoms with E-state index in [0.717, 1.165) is 22.4 Å². The number of ether oxygens (including phenoxy) is 1. The second-order valence-electron chi connectivity index (χ2n) is 5.21. The van der Waals surface area contributed by atoms with Crippen LogP contribution in [-0.2, 0) is 4.79 Å². The predicted octanol–water partition coefficient (Wildman–Crippen LogP) is 3.14. The lowest BCUT2D eigenvalue weighted by molar-refractivity contribution is -0.123. The van der Waals surface area contributed by atoms with Crippen molar-refractivity contribution in [2.45, 2.75) is 20.8 Å². The van der Waals surface area contributed by atoms with Crippen molar-refractivity contribution in [3.8, 4) is 5.75 Å². The molecule has 0 aromatic heterocycles. The second-order valence-corrected chi connectivity index (χ2v) is 5.21. The van der Waals surface area contributed by atoms with Gasteiger partial charge in [0.15, 0.2) is 6.61 Å². The molecule has 0 aliphatic rings. The van der Waals surface area contributed by atoms with Crippen LogP contribution in [0.3, 0.4) is 0 Å². The van der Waals surface area contributed by atoms with Crippen LogP contribution < -0.4 is 10.2 Å². The summed E-state index contributed by atoms with van der Waals surface area (Å²) in [4.78, 5) is 11.7. The Kier molecular flexibility index (Phi) is 5.31. The molecule has 2 aromatic rings. The van der Waals surface area contributed by atoms with Crippen LogP contribution in [0.15, 0.2) is 47.6 Å². The maximum atomic E-state index is 11.7. The van der Waals surface area contributed by atoms with Crippen LogP contribution in [0, 0.1) is 20.8 Å². The SMILES string of the molecule is Cc1ccc(C=NNC(=O)COc2c(C)cccc2C)cc1. The predicted molar refractivity (Wildman–Crippen MR) is 88.3 cm³/mol. The fraction of sp³-hybridized carbons (Fsp3) is 0.222. The van der Waals surface area contributed by atoms with Crippen LogP contribution in [-0.4, -0.2) is 18.7 Å². The van der Waals surface area contributed by atoms with Crippen molar-refractivity contribution in [2.24, 2.45) is 5.10 Å². The Labute approximate surface area is 130 Å². The van der Waals surface area contributed by atoms with Gasteiger partial charge in [0.05, 0.1) is 6.21 Å². The maximum Gasteiger partial charge on any atom is 0.277 e. The van der Waals surface area contributed by atoms with Gasteiger partial charge in [0.2, 0.25) is 0 Å². The topological polar surface area (TPSA) is 50.7 Å². The van der Waals surface area contributed by atoms with Gasteiger partial charge in [-0.1, -0.05) is 48.0 Å². The molecule has 0 aliphatic carbocycles. The maximum absolute atomic E-state index is 11.7. The summed E-state index contributed by atoms with van der Waals surface area (Å²) in [5.74, 6) is 0.464. The van der Waals surface area contributed by atoms with Crippen molar-refractivity contribution in [1.29, 1.82) is 0 Å². The molecule has 0 atom stereocenters. The molecule has 2 rings (SSSR count). The lowest BCUT2D eigenvalue weighted by atomic mass is 10.1. The van der Waals surface area contributed by atoms with Gasteiger partial charge >= 0.3 is 0 Å². The molecule has 114 valence electrons. The number of carbonyl (C=O) groups is 1. The van der Waals surface area contributed by atoms with Crippen LogP contribution in [0.25, 0.3) is 0 Å². The zero-order chi connectivity index (χ0) is 15.9. The highest BCUT2D eigenvalue weighted by atomic mass is 16.5. The highest BCUT2D eigenvalue weighted by molar-refractivity contribution is 5.82. The van der Waals surface area contributed by atoms with E-state index in [9.17, 15) is 4.79 Å². The number of amides is 1. The smallest absolute Gasteiger partial charge is 0.277 e. The van der Waals surface area contributed by atoms with Crippen molar-refractivity contribution in [2.75, 3.05) is 6.61 Å². The Morgan fingerprint density at radius 3 is 2.36 bits per heavy atom. The van der Waals surface area contributed by atoms with E-state index >= 15 is 0 Å². The summed E-state index contributed by atoms with van der Waals surface area (Å²) in [5, 5.41) is 3.92. The number of nitrogens with zero attached hydrogens (tertiary/aromatic N) is 1. The largest absolute Gasteiger partial charge is 0.483 e. The highest BCUT2D eigenvalue weighted by Crippen LogP contribution is 2.21. The Morgan fingerprint density at radius 1 is 1.09 bits per heavy atom. The van der Waals surface area contributed by atoms with E-state index in [1.807, 2.05) is 63.2 Å². The van der Waals surface area contributed by atoms with E-state index in [2.05, 4.69) is 10.5 Å². The fourth-order valence-corrected chi connectivity index (χ4v) is 2.03. The molecule has 0 bridgehead atoms. The molecule has 0 fully saturated rings. The minimum Gasteiger partial charge on any atom is -0.483 e. The van der Waals surface area contributed by atoms with Crippen molar-refractivity contribution in [3.05, 3.63) is 64.7 Å². The minimum absolute atomic E-state index is 0.0586. The molecule has 0 spiro atoms. The fourth-order valence-electron chi connectivity index (χ4n) is 2.03. The van der Waals surface area contributed by atoms with E-state index in [1.54, 1.807) is 6.21 Å². The normalized spacial score (nSPS) is 10.7. The van der Waals surface area contributed by atoms with Crippen molar-refractivity contribution in [1.82, 2.24) is 5.43 Å². The lowest BCUT2D eigenvalue weighted by Crippen LogP contribution is -2.25. The third-order valence-corrected chi connectivity index (χ3v) is 3.24. The number of hydrogen-bond donors (Lipinski definition) is 1. The van der Waals surface area contributed by atoms with Gasteiger partial charge in [-0.15, -0.1) is 0 Å². The molecule has 0 saturated heterocycles. The van der Waals surface area contributed by atoms with E-state index in [4.69, 9.17) is 4.74 Å². The van der Waals surface area contributed by atoms with Gasteiger partial charge in [0.1, 0.15) is 5.75 Å². The van der Waals surface area contributed by atoms with Gasteiger partial charge in [-0.05, 0) is 37.5 Å². The van der Waals surface area contributed by atoms with Crippen molar-refractivity contribution in [3.63, 3.8) is 0 Å². The highest BCUT2D eigenvalue weighted by Gasteiger charge is 2.06. The molecular formula is C18H20N2O2. The Morgan fingerprint density at radius 2 is 1.73 bits per heavy atom. The van der Waals surface area contributed by atoms with E-state index in [0.29, 0.717) is 0 Å². The number of hydrogen-bond acceptors (Lipinski definition) is 3. The summed E-state index contributed by atoms with van der Waals surface area (Å²) in [6, 6.07) is 13.7. The number of aryl methyl sites for hydroxylation is 3. The summed E-state index contributed by atoms with van der Waals surface area (Å²) in [5.41, 5.74) is 6.60. The van der Waals surface area contributed by atoms with Crippen LogP contribution in [0.2, 0.25) is 0 Å². The quantitative estimate of drug-likeness (QED) is 0.680. The molecule has 1 N–H and O–H groups in total. The molecule has 1 amide bonds. The third kappa shape index (κ3) is 4.45. The molecule has 2 aromatic carbocycles. The van der Waals surface area contributed by atoms with Gasteiger partial charge < -0.3 is 4.74 Å². The third-order valence-electron chi connectivity index (χ3n) is 3.24. The first-order valence-electron chi connectivity index (χ1n) is 7.14. The summed E-state index contributed by atoms with van der Waals surface area (Å²) in [7, 11) is 0. The molecule has 4 heteroatoms. The van der Waals surface area contributed by atoms with Crippen molar-refractivity contribution < 1.29 is 9.53 Å². The minimum atomic E-state index is -0.286. The number of rotatable bonds is 5. The number of benzene rings is 2. The molecule has 4 nitrogen and oxygen atoms in total. The molecule has 0 aliphatic heterocycles. The zero-order valence-corrected chi connectivity index (χ0v) is 13.1. The molecule has 0 radical (unpaired) electrons. The number of carbonyl (C=O) groups excluding carboxylic acids is 1. The first kappa shape index (κ1) is 15.8. The first-order chi connectivity index (χ1) is 10.6. The van der Waals surface area contributed by atoms with Gasteiger partial charge in [0, 0.05) is 0 Å². The Bertz CT molecular complexity index is 656. The molecular weight excluding hydrogens is 276 g/mol. The molecule has 0 heterocycles. The van der Waals surface area contributed by atoms with Gasteiger partial charge in [0.25, 0.3) is 5.91 Å².